The van der Waals surface area contributed by atoms with Gasteiger partial charge >= 0.3 is 0 Å². The number of unbranched alkanes of at least 4 members (excludes halogenated alkanes) is 1. The van der Waals surface area contributed by atoms with E-state index in [4.69, 9.17) is 16.3 Å². The number of nitrogens with zero attached hydrogens (tertiary/aromatic N) is 3. The molecule has 0 unspecified atom stereocenters. The highest BCUT2D eigenvalue weighted by Gasteiger charge is 2.18. The number of hydrogen-bond donors (Lipinski definition) is 0. The highest BCUT2D eigenvalue weighted by Crippen LogP contribution is 2.27. The van der Waals surface area contributed by atoms with Crippen molar-refractivity contribution in [3.8, 4) is 5.75 Å². The molecule has 0 spiro atoms. The summed E-state index contributed by atoms with van der Waals surface area (Å²) < 4.78 is 7.60. The quantitative estimate of drug-likeness (QED) is 0.508. The number of piperazine rings is 1. The lowest BCUT2D eigenvalue weighted by Gasteiger charge is -2.37. The zero-order valence-electron chi connectivity index (χ0n) is 18.3. The summed E-state index contributed by atoms with van der Waals surface area (Å²) in [5.74, 6) is 0.819. The molecule has 1 saturated heterocycles. The van der Waals surface area contributed by atoms with E-state index in [0.717, 1.165) is 67.2 Å². The molecule has 1 aliphatic rings. The van der Waals surface area contributed by atoms with Crippen molar-refractivity contribution < 1.29 is 4.74 Å². The zero-order valence-corrected chi connectivity index (χ0v) is 19.1. The SMILES string of the molecule is Cc1c(Cl)cccc1N1CCN(CCCCOc2ccc3ccc(=O)n(C)c3c2)CC1. The lowest BCUT2D eigenvalue weighted by atomic mass is 10.1. The molecule has 0 N–H and O–H groups in total. The number of aromatic nitrogens is 1. The minimum absolute atomic E-state index is 0.00438. The molecular weight excluding hydrogens is 410 g/mol. The van der Waals surface area contributed by atoms with Gasteiger partial charge in [-0.2, -0.15) is 0 Å². The van der Waals surface area contributed by atoms with Gasteiger partial charge in [-0.3, -0.25) is 9.69 Å². The Bertz CT molecular complexity index is 1100. The van der Waals surface area contributed by atoms with Crippen LogP contribution in [0.1, 0.15) is 18.4 Å². The predicted molar refractivity (Wildman–Crippen MR) is 129 cm³/mol. The molecule has 0 bridgehead atoms. The highest BCUT2D eigenvalue weighted by atomic mass is 35.5. The molecule has 0 atom stereocenters. The fraction of sp³-hybridized carbons (Fsp3) is 0.400. The molecule has 3 aromatic rings. The fourth-order valence-corrected chi connectivity index (χ4v) is 4.38. The first kappa shape index (κ1) is 21.7. The second kappa shape index (κ2) is 9.75. The molecule has 1 aromatic heterocycles. The van der Waals surface area contributed by atoms with Crippen molar-refractivity contribution in [2.24, 2.45) is 7.05 Å². The summed E-state index contributed by atoms with van der Waals surface area (Å²) in [5.41, 5.74) is 3.32. The Balaban J connectivity index is 1.20. The number of halogens is 1. The van der Waals surface area contributed by atoms with Gasteiger partial charge in [0.25, 0.3) is 5.56 Å². The van der Waals surface area contributed by atoms with Crippen LogP contribution in [-0.4, -0.2) is 48.8 Å². The maximum Gasteiger partial charge on any atom is 0.250 e. The zero-order chi connectivity index (χ0) is 21.8. The number of pyridine rings is 1. The van der Waals surface area contributed by atoms with Crippen molar-refractivity contribution >= 4 is 28.2 Å². The largest absolute Gasteiger partial charge is 0.494 e. The van der Waals surface area contributed by atoms with Gasteiger partial charge in [0.1, 0.15) is 5.75 Å². The van der Waals surface area contributed by atoms with Crippen molar-refractivity contribution in [2.75, 3.05) is 44.2 Å². The van der Waals surface area contributed by atoms with Gasteiger partial charge in [-0.25, -0.2) is 0 Å². The number of benzene rings is 2. The summed E-state index contributed by atoms with van der Waals surface area (Å²) in [6.07, 6.45) is 2.13. The summed E-state index contributed by atoms with van der Waals surface area (Å²) in [4.78, 5) is 16.8. The van der Waals surface area contributed by atoms with Gasteiger partial charge in [-0.15, -0.1) is 0 Å². The van der Waals surface area contributed by atoms with Gasteiger partial charge < -0.3 is 14.2 Å². The number of anilines is 1. The van der Waals surface area contributed by atoms with Crippen molar-refractivity contribution in [2.45, 2.75) is 19.8 Å². The van der Waals surface area contributed by atoms with Crippen molar-refractivity contribution in [1.82, 2.24) is 9.47 Å². The van der Waals surface area contributed by atoms with E-state index in [1.807, 2.05) is 36.4 Å². The van der Waals surface area contributed by atoms with Crippen LogP contribution < -0.4 is 15.2 Å². The Hall–Kier alpha value is -2.50. The van der Waals surface area contributed by atoms with Crippen LogP contribution in [0.4, 0.5) is 5.69 Å². The average molecular weight is 440 g/mol. The normalized spacial score (nSPS) is 14.9. The molecule has 2 aromatic carbocycles. The van der Waals surface area contributed by atoms with Crippen LogP contribution in [0.25, 0.3) is 10.9 Å². The maximum atomic E-state index is 11.8. The van der Waals surface area contributed by atoms with Crippen LogP contribution in [-0.2, 0) is 7.05 Å². The molecule has 1 fully saturated rings. The molecule has 0 amide bonds. The van der Waals surface area contributed by atoms with E-state index in [0.29, 0.717) is 6.61 Å². The number of hydrogen-bond acceptors (Lipinski definition) is 4. The van der Waals surface area contributed by atoms with E-state index in [1.165, 1.54) is 11.3 Å². The molecular formula is C25H30ClN3O2. The van der Waals surface area contributed by atoms with E-state index in [1.54, 1.807) is 17.7 Å². The second-order valence-electron chi connectivity index (χ2n) is 8.22. The van der Waals surface area contributed by atoms with Crippen molar-refractivity contribution in [3.05, 3.63) is 69.5 Å². The minimum atomic E-state index is -0.00438. The molecule has 2 heterocycles. The first-order valence-electron chi connectivity index (χ1n) is 11.0. The molecule has 4 rings (SSSR count). The summed E-state index contributed by atoms with van der Waals surface area (Å²) >= 11 is 6.28. The monoisotopic (exact) mass is 439 g/mol. The molecule has 6 heteroatoms. The molecule has 1 aliphatic heterocycles. The fourth-order valence-electron chi connectivity index (χ4n) is 4.21. The standard InChI is InChI=1S/C25H30ClN3O2/c1-19-22(26)6-5-7-23(19)29-15-13-28(14-16-29)12-3-4-17-31-21-10-8-20-9-11-25(30)27(2)24(20)18-21/h5-11,18H,3-4,12-17H2,1-2H3. The van der Waals surface area contributed by atoms with E-state index in [9.17, 15) is 4.79 Å². The third kappa shape index (κ3) is 5.05. The third-order valence-corrected chi connectivity index (χ3v) is 6.60. The second-order valence-corrected chi connectivity index (χ2v) is 8.63. The molecule has 5 nitrogen and oxygen atoms in total. The van der Waals surface area contributed by atoms with Gasteiger partial charge in [-0.05, 0) is 67.6 Å². The molecule has 31 heavy (non-hydrogen) atoms. The minimum Gasteiger partial charge on any atom is -0.494 e. The Kier molecular flexibility index (Phi) is 6.83. The van der Waals surface area contributed by atoms with E-state index < -0.39 is 0 Å². The van der Waals surface area contributed by atoms with Crippen LogP contribution >= 0.6 is 11.6 Å². The first-order chi connectivity index (χ1) is 15.0. The molecule has 0 saturated carbocycles. The lowest BCUT2D eigenvalue weighted by Crippen LogP contribution is -2.46. The Morgan fingerprint density at radius 3 is 2.58 bits per heavy atom. The lowest BCUT2D eigenvalue weighted by molar-refractivity contribution is 0.238. The van der Waals surface area contributed by atoms with Crippen LogP contribution in [0.2, 0.25) is 5.02 Å². The summed E-state index contributed by atoms with van der Waals surface area (Å²) in [5, 5.41) is 1.88. The van der Waals surface area contributed by atoms with Gasteiger partial charge in [0.2, 0.25) is 0 Å². The smallest absolute Gasteiger partial charge is 0.250 e. The van der Waals surface area contributed by atoms with E-state index in [-0.39, 0.29) is 5.56 Å². The molecule has 164 valence electrons. The average Bonchev–Trinajstić information content (AvgIpc) is 2.79. The van der Waals surface area contributed by atoms with Crippen molar-refractivity contribution in [1.29, 1.82) is 0 Å². The third-order valence-electron chi connectivity index (χ3n) is 6.19. The van der Waals surface area contributed by atoms with Crippen LogP contribution in [0.15, 0.2) is 53.3 Å². The van der Waals surface area contributed by atoms with E-state index in [2.05, 4.69) is 22.8 Å². The van der Waals surface area contributed by atoms with E-state index >= 15 is 0 Å². The van der Waals surface area contributed by atoms with Crippen LogP contribution in [0, 0.1) is 6.92 Å². The van der Waals surface area contributed by atoms with Gasteiger partial charge in [0.05, 0.1) is 12.1 Å². The summed E-state index contributed by atoms with van der Waals surface area (Å²) in [6, 6.07) is 15.5. The number of fused-ring (bicyclic) bond motifs is 1. The topological polar surface area (TPSA) is 37.7 Å². The number of rotatable bonds is 7. The Labute approximate surface area is 188 Å². The summed E-state index contributed by atoms with van der Waals surface area (Å²) in [6.45, 7) is 8.10. The van der Waals surface area contributed by atoms with Crippen LogP contribution in [0.3, 0.4) is 0 Å². The molecule has 0 aliphatic carbocycles. The van der Waals surface area contributed by atoms with Gasteiger partial charge in [0, 0.05) is 56.1 Å². The van der Waals surface area contributed by atoms with Crippen molar-refractivity contribution in [3.63, 3.8) is 0 Å². The Morgan fingerprint density at radius 1 is 1.00 bits per heavy atom. The van der Waals surface area contributed by atoms with Gasteiger partial charge in [-0.1, -0.05) is 17.7 Å². The maximum absolute atomic E-state index is 11.8. The predicted octanol–water partition coefficient (Wildman–Crippen LogP) is 4.48. The first-order valence-corrected chi connectivity index (χ1v) is 11.4. The van der Waals surface area contributed by atoms with Crippen LogP contribution in [0.5, 0.6) is 5.75 Å². The molecule has 0 radical (unpaired) electrons. The number of ether oxygens (including phenoxy) is 1. The number of aryl methyl sites for hydroxylation is 1. The highest BCUT2D eigenvalue weighted by molar-refractivity contribution is 6.31. The van der Waals surface area contributed by atoms with Gasteiger partial charge in [0.15, 0.2) is 0 Å². The summed E-state index contributed by atoms with van der Waals surface area (Å²) in [7, 11) is 1.79. The Morgan fingerprint density at radius 2 is 1.77 bits per heavy atom.